The van der Waals surface area contributed by atoms with Crippen LogP contribution in [-0.2, 0) is 36.7 Å². The van der Waals surface area contributed by atoms with E-state index in [0.29, 0.717) is 46.1 Å². The van der Waals surface area contributed by atoms with Crippen LogP contribution in [0.15, 0.2) is 49.1 Å². The van der Waals surface area contributed by atoms with Crippen molar-refractivity contribution in [1.29, 1.82) is 0 Å². The number of fused-ring (bicyclic) bond motifs is 8. The van der Waals surface area contributed by atoms with Gasteiger partial charge >= 0.3 is 35.0 Å². The minimum atomic E-state index is -0.493. The number of methoxy groups -OCH3 is 1. The molecule has 3 aromatic heterocycles. The van der Waals surface area contributed by atoms with Crippen molar-refractivity contribution in [3.63, 3.8) is 0 Å². The van der Waals surface area contributed by atoms with E-state index in [2.05, 4.69) is 103 Å². The third-order valence-corrected chi connectivity index (χ3v) is 14.4. The topological polar surface area (TPSA) is 139 Å². The second-order valence-corrected chi connectivity index (χ2v) is 20.1. The Balaban J connectivity index is 0.0000104. The van der Waals surface area contributed by atoms with E-state index >= 15 is 0 Å². The summed E-state index contributed by atoms with van der Waals surface area (Å²) in [6, 6.07) is 6.16. The summed E-state index contributed by atoms with van der Waals surface area (Å²) in [5, 5.41) is 2.96. The molecular formula is C58H81MgN5O5+2. The average molecular weight is 953 g/mol. The Morgan fingerprint density at radius 1 is 0.826 bits per heavy atom. The molecule has 3 aromatic rings. The van der Waals surface area contributed by atoms with Gasteiger partial charge in [-0.2, -0.15) is 0 Å². The number of nitrogens with zero attached hydrogens (tertiary/aromatic N) is 2. The molecule has 1 amide bonds. The van der Waals surface area contributed by atoms with Crippen LogP contribution in [-0.4, -0.2) is 81.1 Å². The van der Waals surface area contributed by atoms with Crippen LogP contribution in [0, 0.1) is 31.6 Å². The van der Waals surface area contributed by atoms with E-state index in [9.17, 15) is 14.4 Å². The van der Waals surface area contributed by atoms with E-state index in [1.165, 1.54) is 57.6 Å². The summed E-state index contributed by atoms with van der Waals surface area (Å²) < 4.78 is 11.1. The number of aryl methyl sites for hydroxylation is 3. The standard InChI is InChI=1S/C58H81N5O5.Mg/c1-14-29-59-58(66)55-42(12)50-34-52-44(16-3)40(10)48(61-52)33-51-43(15-2)39(9)47(60-51)32-49-41(11)45(56(62-49)46(57(55)63-50)31-54(65)67-13)26-27-53(64)68-30-28-38(8)25-19-24-37(7)23-18-22-36(6)21-17-20-35(4)5;/h14-15,28,32-37,41,45,60-61H,1-2,16-27,29-31H2,3-13H3,(H,59,66);/q;+2. The van der Waals surface area contributed by atoms with Crippen LogP contribution in [0.1, 0.15) is 188 Å². The Labute approximate surface area is 429 Å². The van der Waals surface area contributed by atoms with Gasteiger partial charge in [0.15, 0.2) is 0 Å². The van der Waals surface area contributed by atoms with E-state index in [4.69, 9.17) is 19.4 Å². The van der Waals surface area contributed by atoms with Crippen molar-refractivity contribution >= 4 is 80.2 Å². The van der Waals surface area contributed by atoms with Gasteiger partial charge in [0.25, 0.3) is 5.91 Å². The molecule has 0 saturated carbocycles. The van der Waals surface area contributed by atoms with E-state index in [1.807, 2.05) is 25.1 Å². The van der Waals surface area contributed by atoms with Crippen molar-refractivity contribution in [3.8, 4) is 0 Å². The molecule has 0 aromatic carbocycles. The molecule has 5 heterocycles. The van der Waals surface area contributed by atoms with Crippen LogP contribution in [0.4, 0.5) is 0 Å². The normalized spacial score (nSPS) is 15.7. The molecule has 10 nitrogen and oxygen atoms in total. The van der Waals surface area contributed by atoms with Crippen LogP contribution in [0.2, 0.25) is 0 Å². The summed E-state index contributed by atoms with van der Waals surface area (Å²) in [6.45, 7) is 30.2. The molecule has 0 saturated heterocycles. The fourth-order valence-electron chi connectivity index (χ4n) is 10.0. The zero-order valence-corrected chi connectivity index (χ0v) is 45.4. The van der Waals surface area contributed by atoms with Gasteiger partial charge in [-0.05, 0) is 118 Å². The van der Waals surface area contributed by atoms with Gasteiger partial charge < -0.3 is 24.8 Å². The third-order valence-electron chi connectivity index (χ3n) is 14.4. The number of H-pyrrole nitrogens is 2. The minimum absolute atomic E-state index is 0. The summed E-state index contributed by atoms with van der Waals surface area (Å²) in [7, 11) is 1.35. The maximum Gasteiger partial charge on any atom is 2.00 e. The predicted molar refractivity (Wildman–Crippen MR) is 287 cm³/mol. The van der Waals surface area contributed by atoms with Crippen LogP contribution in [0.25, 0.3) is 39.3 Å². The molecule has 0 aliphatic carbocycles. The predicted octanol–water partition coefficient (Wildman–Crippen LogP) is 13.3. The van der Waals surface area contributed by atoms with Gasteiger partial charge in [-0.15, -0.1) is 6.58 Å². The second kappa shape index (κ2) is 27.0. The first-order chi connectivity index (χ1) is 32.5. The molecule has 4 unspecified atom stereocenters. The van der Waals surface area contributed by atoms with Gasteiger partial charge in [0, 0.05) is 63.7 Å². The molecule has 69 heavy (non-hydrogen) atoms. The van der Waals surface area contributed by atoms with Crippen LogP contribution in [0.5, 0.6) is 0 Å². The maximum absolute atomic E-state index is 14.2. The number of carbonyl (C=O) groups is 3. The molecule has 0 radical (unpaired) electrons. The number of amides is 1. The number of hydrogen-bond donors (Lipinski definition) is 3. The van der Waals surface area contributed by atoms with E-state index in [0.717, 1.165) is 81.1 Å². The quantitative estimate of drug-likeness (QED) is 0.0461. The minimum Gasteiger partial charge on any atom is -0.469 e. The monoisotopic (exact) mass is 952 g/mol. The third kappa shape index (κ3) is 14.9. The zero-order chi connectivity index (χ0) is 49.7. The fraction of sp³-hybridized carbons (Fsp3) is 0.534. The van der Waals surface area contributed by atoms with Gasteiger partial charge in [-0.3, -0.25) is 19.4 Å². The number of rotatable bonds is 24. The summed E-state index contributed by atoms with van der Waals surface area (Å²) in [5.74, 6) is 0.694. The number of aromatic nitrogens is 4. The SMILES string of the molecule is C=CCNC(=O)C1=C(C)c2cc3[nH]c(cc4[nH]c(cc5nc(c(CC(=O)OC)c1n2)C(CCC(=O)OCC=C(C)CCCC(C)CCCC(C)CCCC(C)C)C5C)c(C)c4C=C)c(C)c3CC.[Mg+2]. The number of ether oxygens (including phenoxy) is 2. The Bertz CT molecular complexity index is 2540. The fourth-order valence-corrected chi connectivity index (χ4v) is 10.0. The van der Waals surface area contributed by atoms with Gasteiger partial charge in [-0.25, -0.2) is 4.98 Å². The summed E-state index contributed by atoms with van der Waals surface area (Å²) in [6.07, 6.45) is 17.9. The number of aromatic amines is 2. The number of allylic oxidation sites excluding steroid dienone is 2. The van der Waals surface area contributed by atoms with E-state index in [1.54, 1.807) is 6.08 Å². The molecule has 3 N–H and O–H groups in total. The average Bonchev–Trinajstić information content (AvgIpc) is 3.98. The molecule has 2 aliphatic rings. The Morgan fingerprint density at radius 2 is 1.48 bits per heavy atom. The molecule has 0 spiro atoms. The van der Waals surface area contributed by atoms with Crippen molar-refractivity contribution in [2.75, 3.05) is 20.3 Å². The molecular weight excluding hydrogens is 871 g/mol. The first-order valence-electron chi connectivity index (χ1n) is 25.4. The van der Waals surface area contributed by atoms with Gasteiger partial charge in [0.05, 0.1) is 36.2 Å². The van der Waals surface area contributed by atoms with Gasteiger partial charge in [0.2, 0.25) is 0 Å². The summed E-state index contributed by atoms with van der Waals surface area (Å²) in [5.41, 5.74) is 13.0. The van der Waals surface area contributed by atoms with Gasteiger partial charge in [-0.1, -0.05) is 111 Å². The molecule has 368 valence electrons. The molecule has 5 rings (SSSR count). The van der Waals surface area contributed by atoms with Crippen molar-refractivity contribution in [2.24, 2.45) is 17.8 Å². The molecule has 4 atom stereocenters. The number of nitrogens with one attached hydrogen (secondary N) is 3. The van der Waals surface area contributed by atoms with Gasteiger partial charge in [0.1, 0.15) is 6.61 Å². The molecule has 11 heteroatoms. The van der Waals surface area contributed by atoms with E-state index < -0.39 is 5.97 Å². The van der Waals surface area contributed by atoms with Crippen molar-refractivity contribution in [2.45, 2.75) is 165 Å². The second-order valence-electron chi connectivity index (χ2n) is 20.1. The molecule has 8 bridgehead atoms. The van der Waals surface area contributed by atoms with Crippen molar-refractivity contribution in [3.05, 3.63) is 99.7 Å². The Hall–Kier alpha value is -4.74. The largest absolute Gasteiger partial charge is 2.00 e. The van der Waals surface area contributed by atoms with Crippen molar-refractivity contribution in [1.82, 2.24) is 25.3 Å². The number of hydrogen-bond acceptors (Lipinski definition) is 7. The maximum atomic E-state index is 14.2. The number of esters is 2. The summed E-state index contributed by atoms with van der Waals surface area (Å²) >= 11 is 0. The molecule has 0 fully saturated rings. The van der Waals surface area contributed by atoms with E-state index in [-0.39, 0.29) is 72.8 Å². The number of carbonyl (C=O) groups excluding carboxylic acids is 3. The summed E-state index contributed by atoms with van der Waals surface area (Å²) in [4.78, 5) is 58.9. The molecule has 2 aliphatic heterocycles. The first kappa shape index (κ1) is 56.8. The zero-order valence-electron chi connectivity index (χ0n) is 44.0. The smallest absolute Gasteiger partial charge is 0.469 e. The first-order valence-corrected chi connectivity index (χ1v) is 25.4. The van der Waals surface area contributed by atoms with Crippen molar-refractivity contribution < 1.29 is 23.9 Å². The Morgan fingerprint density at radius 3 is 2.12 bits per heavy atom. The van der Waals surface area contributed by atoms with Crippen LogP contribution >= 0.6 is 0 Å². The van der Waals surface area contributed by atoms with Crippen LogP contribution in [0.3, 0.4) is 0 Å². The van der Waals surface area contributed by atoms with Crippen LogP contribution < -0.4 is 5.32 Å². The Kier molecular flexibility index (Phi) is 22.3.